The van der Waals surface area contributed by atoms with Gasteiger partial charge < -0.3 is 15.4 Å². The van der Waals surface area contributed by atoms with Crippen LogP contribution in [0.1, 0.15) is 45.4 Å². The van der Waals surface area contributed by atoms with Gasteiger partial charge in [-0.1, -0.05) is 0 Å². The summed E-state index contributed by atoms with van der Waals surface area (Å²) in [7, 11) is 0. The highest BCUT2D eigenvalue weighted by Crippen LogP contribution is 2.18. The first kappa shape index (κ1) is 15.6. The molecule has 0 aromatic carbocycles. The van der Waals surface area contributed by atoms with Crippen molar-refractivity contribution in [1.29, 1.82) is 0 Å². The molecule has 6 heteroatoms. The summed E-state index contributed by atoms with van der Waals surface area (Å²) in [6.45, 7) is 5.30. The van der Waals surface area contributed by atoms with Gasteiger partial charge in [0, 0.05) is 11.7 Å². The molecule has 0 spiro atoms. The highest BCUT2D eigenvalue weighted by Gasteiger charge is 2.22. The molecule has 0 aliphatic heterocycles. The van der Waals surface area contributed by atoms with Crippen LogP contribution in [-0.4, -0.2) is 40.0 Å². The molecule has 106 valence electrons. The molecule has 5 nitrogen and oxygen atoms in total. The number of hydrogen-bond acceptors (Lipinski definition) is 3. The summed E-state index contributed by atoms with van der Waals surface area (Å²) >= 11 is 1.73. The third kappa shape index (κ3) is 3.76. The lowest BCUT2D eigenvalue weighted by atomic mass is 10.1. The van der Waals surface area contributed by atoms with Crippen LogP contribution >= 0.6 is 11.8 Å². The summed E-state index contributed by atoms with van der Waals surface area (Å²) in [5.74, 6) is -0.283. The molecule has 1 rings (SSSR count). The van der Waals surface area contributed by atoms with Crippen LogP contribution in [-0.2, 0) is 0 Å². The molecule has 1 unspecified atom stereocenters. The van der Waals surface area contributed by atoms with Crippen LogP contribution in [0.25, 0.3) is 0 Å². The summed E-state index contributed by atoms with van der Waals surface area (Å²) in [5.41, 5.74) is 1.59. The second-order valence-corrected chi connectivity index (χ2v) is 5.57. The first-order valence-corrected chi connectivity index (χ1v) is 7.50. The van der Waals surface area contributed by atoms with E-state index in [9.17, 15) is 9.59 Å². The van der Waals surface area contributed by atoms with E-state index in [0.29, 0.717) is 16.8 Å². The van der Waals surface area contributed by atoms with Crippen molar-refractivity contribution in [3.05, 3.63) is 22.5 Å². The third-order valence-electron chi connectivity index (χ3n) is 3.01. The molecule has 0 aliphatic rings. The largest absolute Gasteiger partial charge is 0.477 e. The van der Waals surface area contributed by atoms with Gasteiger partial charge in [-0.15, -0.1) is 0 Å². The molecule has 1 heterocycles. The highest BCUT2D eigenvalue weighted by molar-refractivity contribution is 7.98. The minimum atomic E-state index is -1.05. The van der Waals surface area contributed by atoms with Crippen molar-refractivity contribution in [2.45, 2.75) is 33.2 Å². The van der Waals surface area contributed by atoms with Gasteiger partial charge in [0.25, 0.3) is 5.91 Å². The maximum absolute atomic E-state index is 12.2. The van der Waals surface area contributed by atoms with Crippen LogP contribution in [0.2, 0.25) is 0 Å². The van der Waals surface area contributed by atoms with Crippen molar-refractivity contribution in [1.82, 2.24) is 10.3 Å². The molecule has 0 saturated heterocycles. The minimum Gasteiger partial charge on any atom is -0.477 e. The highest BCUT2D eigenvalue weighted by atomic mass is 32.2. The summed E-state index contributed by atoms with van der Waals surface area (Å²) in [6.07, 6.45) is 2.91. The molecular weight excluding hydrogens is 264 g/mol. The Morgan fingerprint density at radius 1 is 1.42 bits per heavy atom. The third-order valence-corrected chi connectivity index (χ3v) is 3.65. The number of aromatic nitrogens is 1. The number of hydrogen-bond donors (Lipinski definition) is 3. The fourth-order valence-electron chi connectivity index (χ4n) is 1.97. The van der Waals surface area contributed by atoms with Gasteiger partial charge >= 0.3 is 5.97 Å². The molecule has 0 aliphatic carbocycles. The van der Waals surface area contributed by atoms with E-state index in [-0.39, 0.29) is 17.6 Å². The lowest BCUT2D eigenvalue weighted by molar-refractivity contribution is 0.0690. The number of carboxylic acid groups (broad SMARTS) is 1. The van der Waals surface area contributed by atoms with Crippen LogP contribution in [0.15, 0.2) is 0 Å². The van der Waals surface area contributed by atoms with E-state index in [0.717, 1.165) is 12.2 Å². The monoisotopic (exact) mass is 284 g/mol. The van der Waals surface area contributed by atoms with Crippen molar-refractivity contribution >= 4 is 23.6 Å². The zero-order valence-corrected chi connectivity index (χ0v) is 12.5. The van der Waals surface area contributed by atoms with Crippen molar-refractivity contribution < 1.29 is 14.7 Å². The Kier molecular flexibility index (Phi) is 5.47. The molecule has 1 aromatic heterocycles. The summed E-state index contributed by atoms with van der Waals surface area (Å²) in [4.78, 5) is 25.9. The quantitative estimate of drug-likeness (QED) is 0.748. The molecule has 1 atom stereocenters. The number of aromatic amines is 1. The average Bonchev–Trinajstić information content (AvgIpc) is 2.62. The van der Waals surface area contributed by atoms with Crippen LogP contribution < -0.4 is 5.32 Å². The predicted molar refractivity (Wildman–Crippen MR) is 77.2 cm³/mol. The van der Waals surface area contributed by atoms with E-state index in [4.69, 9.17) is 5.11 Å². The van der Waals surface area contributed by atoms with Crippen molar-refractivity contribution in [3.63, 3.8) is 0 Å². The molecule has 1 amide bonds. The van der Waals surface area contributed by atoms with Gasteiger partial charge in [0.2, 0.25) is 0 Å². The predicted octanol–water partition coefficient (Wildman–Crippen LogP) is 2.20. The molecular formula is C13H20N2O3S. The maximum atomic E-state index is 12.2. The SMILES string of the molecule is CSCCC(C)NC(=O)c1c(C)[nH]c(C(=O)O)c1C. The number of aromatic carboxylic acids is 1. The van der Waals surface area contributed by atoms with E-state index in [1.54, 1.807) is 25.6 Å². The van der Waals surface area contributed by atoms with Gasteiger partial charge in [0.05, 0.1) is 5.56 Å². The zero-order chi connectivity index (χ0) is 14.6. The summed E-state index contributed by atoms with van der Waals surface area (Å²) < 4.78 is 0. The van der Waals surface area contributed by atoms with Gasteiger partial charge in [-0.3, -0.25) is 4.79 Å². The second kappa shape index (κ2) is 6.65. The van der Waals surface area contributed by atoms with Crippen LogP contribution in [0.4, 0.5) is 0 Å². The second-order valence-electron chi connectivity index (χ2n) is 4.59. The number of rotatable bonds is 6. The number of thioether (sulfide) groups is 1. The molecule has 0 fully saturated rings. The first-order valence-electron chi connectivity index (χ1n) is 6.10. The number of carboxylic acids is 1. The van der Waals surface area contributed by atoms with E-state index in [1.165, 1.54) is 0 Å². The zero-order valence-electron chi connectivity index (χ0n) is 11.7. The van der Waals surface area contributed by atoms with Gasteiger partial charge in [0.1, 0.15) is 5.69 Å². The average molecular weight is 284 g/mol. The number of aryl methyl sites for hydroxylation is 1. The lowest BCUT2D eigenvalue weighted by Crippen LogP contribution is -2.33. The Morgan fingerprint density at radius 3 is 2.53 bits per heavy atom. The molecule has 0 saturated carbocycles. The van der Waals surface area contributed by atoms with Gasteiger partial charge in [-0.05, 0) is 44.8 Å². The van der Waals surface area contributed by atoms with Gasteiger partial charge in [-0.2, -0.15) is 11.8 Å². The van der Waals surface area contributed by atoms with Gasteiger partial charge in [-0.25, -0.2) is 4.79 Å². The van der Waals surface area contributed by atoms with E-state index in [2.05, 4.69) is 10.3 Å². The molecule has 19 heavy (non-hydrogen) atoms. The van der Waals surface area contributed by atoms with Crippen LogP contribution in [0.3, 0.4) is 0 Å². The fraction of sp³-hybridized carbons (Fsp3) is 0.538. The van der Waals surface area contributed by atoms with Crippen molar-refractivity contribution in [2.24, 2.45) is 0 Å². The van der Waals surface area contributed by atoms with E-state index in [1.807, 2.05) is 13.2 Å². The summed E-state index contributed by atoms with van der Waals surface area (Å²) in [6, 6.07) is 0.0712. The van der Waals surface area contributed by atoms with Crippen LogP contribution in [0.5, 0.6) is 0 Å². The Morgan fingerprint density at radius 2 is 2.05 bits per heavy atom. The minimum absolute atomic E-state index is 0.0712. The standard InChI is InChI=1S/C13H20N2O3S/c1-7(5-6-19-4)14-12(16)10-8(2)11(13(17)18)15-9(10)3/h7,15H,5-6H2,1-4H3,(H,14,16)(H,17,18). The Bertz CT molecular complexity index is 482. The van der Waals surface area contributed by atoms with Crippen LogP contribution in [0, 0.1) is 13.8 Å². The molecule has 0 bridgehead atoms. The normalized spacial score (nSPS) is 12.2. The Labute approximate surface area is 117 Å². The summed E-state index contributed by atoms with van der Waals surface area (Å²) in [5, 5.41) is 11.9. The smallest absolute Gasteiger partial charge is 0.352 e. The Hall–Kier alpha value is -1.43. The maximum Gasteiger partial charge on any atom is 0.352 e. The fourth-order valence-corrected chi connectivity index (χ4v) is 2.56. The number of amides is 1. The van der Waals surface area contributed by atoms with Crippen molar-refractivity contribution in [2.75, 3.05) is 12.0 Å². The van der Waals surface area contributed by atoms with Crippen molar-refractivity contribution in [3.8, 4) is 0 Å². The molecule has 3 N–H and O–H groups in total. The lowest BCUT2D eigenvalue weighted by Gasteiger charge is -2.13. The van der Waals surface area contributed by atoms with E-state index >= 15 is 0 Å². The number of nitrogens with one attached hydrogen (secondary N) is 2. The molecule has 0 radical (unpaired) electrons. The Balaban J connectivity index is 2.85. The molecule has 1 aromatic rings. The number of carbonyl (C=O) groups excluding carboxylic acids is 1. The number of carbonyl (C=O) groups is 2. The first-order chi connectivity index (χ1) is 8.88. The topological polar surface area (TPSA) is 82.2 Å². The van der Waals surface area contributed by atoms with Gasteiger partial charge in [0.15, 0.2) is 0 Å². The van der Waals surface area contributed by atoms with E-state index < -0.39 is 5.97 Å². The number of H-pyrrole nitrogens is 1.